The fourth-order valence-corrected chi connectivity index (χ4v) is 1.44. The van der Waals surface area contributed by atoms with Crippen molar-refractivity contribution in [1.29, 1.82) is 0 Å². The standard InChI is InChI=1S/C4H7BrO2S.C4H8O2S.CCl4/c1-7-3(5)4(6)8-2;1-6-3-4(5)7-2;2-1(3,4)5/h3H,1-2H3;3H2,1-2H3;. The van der Waals surface area contributed by atoms with Crippen LogP contribution in [0.1, 0.15) is 0 Å². The smallest absolute Gasteiger partial charge is 0.266 e. The third-order valence-electron chi connectivity index (χ3n) is 1.08. The van der Waals surface area contributed by atoms with Crippen molar-refractivity contribution in [2.45, 2.75) is 8.26 Å². The number of carbonyl (C=O) groups excluding carboxylic acids is 2. The van der Waals surface area contributed by atoms with Crippen molar-refractivity contribution < 1.29 is 19.1 Å². The molecule has 0 aromatic heterocycles. The van der Waals surface area contributed by atoms with Crippen molar-refractivity contribution in [3.05, 3.63) is 0 Å². The average molecular weight is 473 g/mol. The van der Waals surface area contributed by atoms with Gasteiger partial charge in [-0.1, -0.05) is 69.9 Å². The fourth-order valence-electron chi connectivity index (χ4n) is 0.366. The third-order valence-corrected chi connectivity index (χ3v) is 3.37. The van der Waals surface area contributed by atoms with Crippen LogP contribution < -0.4 is 0 Å². The van der Waals surface area contributed by atoms with Crippen LogP contribution in [-0.4, -0.2) is 51.8 Å². The second kappa shape index (κ2) is 17.0. The normalized spacial score (nSPS) is 11.4. The van der Waals surface area contributed by atoms with Gasteiger partial charge in [-0.25, -0.2) is 0 Å². The molecule has 0 N–H and O–H groups in total. The largest absolute Gasteiger partial charge is 0.376 e. The zero-order chi connectivity index (χ0) is 16.8. The Morgan fingerprint density at radius 2 is 1.55 bits per heavy atom. The lowest BCUT2D eigenvalue weighted by Gasteiger charge is -2.00. The van der Waals surface area contributed by atoms with E-state index in [1.165, 1.54) is 26.0 Å². The molecule has 0 aromatic carbocycles. The molecule has 0 aliphatic carbocycles. The van der Waals surface area contributed by atoms with E-state index < -0.39 is 8.26 Å². The molecule has 0 saturated heterocycles. The summed E-state index contributed by atoms with van der Waals surface area (Å²) in [5.74, 6) is 0. The SMILES string of the molecule is COC(Br)C(=O)SC.COCC(=O)SC.ClC(Cl)(Cl)Cl. The lowest BCUT2D eigenvalue weighted by Crippen LogP contribution is -2.10. The highest BCUT2D eigenvalue weighted by Gasteiger charge is 2.11. The van der Waals surface area contributed by atoms with Gasteiger partial charge < -0.3 is 9.47 Å². The number of hydrogen-bond acceptors (Lipinski definition) is 6. The Hall–Kier alpha value is 1.60. The van der Waals surface area contributed by atoms with E-state index in [-0.39, 0.29) is 16.8 Å². The molecule has 0 amide bonds. The lowest BCUT2D eigenvalue weighted by atomic mass is 10.8. The number of hydrogen-bond donors (Lipinski definition) is 0. The zero-order valence-corrected chi connectivity index (χ0v) is 17.4. The van der Waals surface area contributed by atoms with E-state index in [4.69, 9.17) is 46.4 Å². The predicted molar refractivity (Wildman–Crippen MR) is 94.8 cm³/mol. The topological polar surface area (TPSA) is 52.6 Å². The molecule has 0 spiro atoms. The summed E-state index contributed by atoms with van der Waals surface area (Å²) < 4.78 is 7.56. The zero-order valence-electron chi connectivity index (χ0n) is 11.1. The molecule has 11 heteroatoms. The number of thioether (sulfide) groups is 2. The summed E-state index contributed by atoms with van der Waals surface area (Å²) in [5.41, 5.74) is 0. The van der Waals surface area contributed by atoms with Crippen molar-refractivity contribution in [2.75, 3.05) is 33.3 Å². The second-order valence-electron chi connectivity index (χ2n) is 2.51. The minimum absolute atomic E-state index is 0.00694. The highest BCUT2D eigenvalue weighted by molar-refractivity contribution is 9.10. The molecule has 0 aromatic rings. The molecule has 0 saturated carbocycles. The fraction of sp³-hybridized carbons (Fsp3) is 0.778. The molecule has 4 nitrogen and oxygen atoms in total. The molecule has 1 unspecified atom stereocenters. The summed E-state index contributed by atoms with van der Waals surface area (Å²) in [6.07, 6.45) is 3.46. The highest BCUT2D eigenvalue weighted by Crippen LogP contribution is 2.29. The molecule has 122 valence electrons. The first-order chi connectivity index (χ1) is 9.03. The maximum Gasteiger partial charge on any atom is 0.266 e. The Kier molecular flexibility index (Phi) is 22.5. The summed E-state index contributed by atoms with van der Waals surface area (Å²) in [5, 5.41) is -0.382. The number of halogens is 5. The van der Waals surface area contributed by atoms with Crippen LogP contribution in [0.15, 0.2) is 0 Å². The second-order valence-corrected chi connectivity index (χ2v) is 8.45. The number of methoxy groups -OCH3 is 2. The van der Waals surface area contributed by atoms with E-state index in [0.29, 0.717) is 0 Å². The van der Waals surface area contributed by atoms with E-state index in [0.717, 1.165) is 11.8 Å². The molecule has 0 aliphatic rings. The van der Waals surface area contributed by atoms with Crippen LogP contribution in [0.2, 0.25) is 0 Å². The maximum atomic E-state index is 10.5. The van der Waals surface area contributed by atoms with Crippen LogP contribution in [0.4, 0.5) is 0 Å². The van der Waals surface area contributed by atoms with Crippen LogP contribution in [-0.2, 0) is 19.1 Å². The molecule has 0 aliphatic heterocycles. The van der Waals surface area contributed by atoms with Crippen molar-refractivity contribution in [2.24, 2.45) is 0 Å². The minimum atomic E-state index is -1.61. The Morgan fingerprint density at radius 3 is 1.65 bits per heavy atom. The molecule has 20 heavy (non-hydrogen) atoms. The van der Waals surface area contributed by atoms with Gasteiger partial charge in [0.2, 0.25) is 10.2 Å². The summed E-state index contributed by atoms with van der Waals surface area (Å²) >= 11 is 24.6. The van der Waals surface area contributed by atoms with Gasteiger partial charge in [-0.3, -0.25) is 9.59 Å². The Morgan fingerprint density at radius 1 is 1.15 bits per heavy atom. The summed E-state index contributed by atoms with van der Waals surface area (Å²) in [7, 11) is 2.99. The molecule has 0 rings (SSSR count). The van der Waals surface area contributed by atoms with Crippen molar-refractivity contribution in [1.82, 2.24) is 0 Å². The Balaban J connectivity index is -0.000000223. The first-order valence-electron chi connectivity index (χ1n) is 4.59. The highest BCUT2D eigenvalue weighted by atomic mass is 79.9. The lowest BCUT2D eigenvalue weighted by molar-refractivity contribution is -0.115. The Labute approximate surface area is 156 Å². The number of ether oxygens (including phenoxy) is 2. The van der Waals surface area contributed by atoms with Gasteiger partial charge >= 0.3 is 0 Å². The van der Waals surface area contributed by atoms with Gasteiger partial charge in [0.05, 0.1) is 0 Å². The molecule has 0 heterocycles. The number of rotatable bonds is 4. The molecule has 1 atom stereocenters. The van der Waals surface area contributed by atoms with Crippen LogP contribution in [0.3, 0.4) is 0 Å². The van der Waals surface area contributed by atoms with Crippen molar-refractivity contribution in [3.8, 4) is 0 Å². The molecule has 0 fully saturated rings. The van der Waals surface area contributed by atoms with Gasteiger partial charge in [-0.05, 0) is 28.4 Å². The summed E-state index contributed by atoms with van der Waals surface area (Å²) in [6.45, 7) is 0.223. The van der Waals surface area contributed by atoms with Gasteiger partial charge in [0, 0.05) is 14.2 Å². The van der Waals surface area contributed by atoms with E-state index in [1.807, 2.05) is 0 Å². The predicted octanol–water partition coefficient (Wildman–Crippen LogP) is 4.32. The van der Waals surface area contributed by atoms with Crippen molar-refractivity contribution >= 4 is 96.1 Å². The van der Waals surface area contributed by atoms with Gasteiger partial charge in [-0.2, -0.15) is 0 Å². The van der Waals surface area contributed by atoms with Gasteiger partial charge in [0.25, 0.3) is 3.25 Å². The quantitative estimate of drug-likeness (QED) is 0.568. The molecule has 0 bridgehead atoms. The van der Waals surface area contributed by atoms with Crippen molar-refractivity contribution in [3.63, 3.8) is 0 Å². The molecular weight excluding hydrogens is 458 g/mol. The first-order valence-corrected chi connectivity index (χ1v) is 9.47. The van der Waals surface area contributed by atoms with E-state index >= 15 is 0 Å². The van der Waals surface area contributed by atoms with Gasteiger partial charge in [0.1, 0.15) is 6.61 Å². The van der Waals surface area contributed by atoms with Crippen LogP contribution in [0, 0.1) is 0 Å². The Bertz CT molecular complexity index is 261. The van der Waals surface area contributed by atoms with E-state index in [9.17, 15) is 9.59 Å². The summed E-state index contributed by atoms with van der Waals surface area (Å²) in [6, 6.07) is 0. The van der Waals surface area contributed by atoms with E-state index in [2.05, 4.69) is 25.4 Å². The first kappa shape index (κ1) is 26.5. The number of alkyl halides is 5. The molecular formula is C9H15BrCl4O4S2. The van der Waals surface area contributed by atoms with Crippen LogP contribution in [0.5, 0.6) is 0 Å². The van der Waals surface area contributed by atoms with Gasteiger partial charge in [-0.15, -0.1) is 0 Å². The van der Waals surface area contributed by atoms with E-state index in [1.54, 1.807) is 12.5 Å². The van der Waals surface area contributed by atoms with Gasteiger partial charge in [0.15, 0.2) is 5.01 Å². The minimum Gasteiger partial charge on any atom is -0.376 e. The third kappa shape index (κ3) is 31.8. The maximum absolute atomic E-state index is 10.5. The molecule has 0 radical (unpaired) electrons. The van der Waals surface area contributed by atoms with Crippen LogP contribution in [0.25, 0.3) is 0 Å². The van der Waals surface area contributed by atoms with Crippen LogP contribution >= 0.6 is 85.9 Å². The summed E-state index contributed by atoms with van der Waals surface area (Å²) in [4.78, 5) is 20.8. The average Bonchev–Trinajstić information content (AvgIpc) is 2.35. The number of carbonyl (C=O) groups is 2. The monoisotopic (exact) mass is 470 g/mol.